The van der Waals surface area contributed by atoms with Crippen LogP contribution in [0.15, 0.2) is 12.2 Å². The van der Waals surface area contributed by atoms with Crippen LogP contribution in [-0.4, -0.2) is 24.4 Å². The van der Waals surface area contributed by atoms with Crippen LogP contribution in [-0.2, 0) is 0 Å². The van der Waals surface area contributed by atoms with E-state index in [2.05, 4.69) is 23.6 Å². The van der Waals surface area contributed by atoms with Crippen molar-refractivity contribution in [2.45, 2.75) is 51.9 Å². The fraction of sp³-hybridized carbons (Fsp3) is 0.769. The summed E-state index contributed by atoms with van der Waals surface area (Å²) in [6.45, 7) is 2.41. The second kappa shape index (κ2) is 13.0. The molecule has 0 aliphatic carbocycles. The van der Waals surface area contributed by atoms with E-state index >= 15 is 0 Å². The predicted octanol–water partition coefficient (Wildman–Crippen LogP) is 2.54. The van der Waals surface area contributed by atoms with Crippen molar-refractivity contribution in [3.05, 3.63) is 12.2 Å². The van der Waals surface area contributed by atoms with Gasteiger partial charge in [0.05, 0.1) is 0 Å². The summed E-state index contributed by atoms with van der Waals surface area (Å²) in [5.41, 5.74) is 0. The summed E-state index contributed by atoms with van der Waals surface area (Å²) >= 11 is 0. The Bertz CT molecular complexity index is 206. The van der Waals surface area contributed by atoms with Crippen molar-refractivity contribution in [3.63, 3.8) is 0 Å². The molecule has 0 aromatic carbocycles. The number of carbonyl (C=O) groups excluding carboxylic acids is 1. The van der Waals surface area contributed by atoms with Crippen LogP contribution in [0, 0.1) is 0 Å². The summed E-state index contributed by atoms with van der Waals surface area (Å²) in [6.07, 6.45) is 13.0. The maximum atomic E-state index is 10.9. The number of nitrogens with one attached hydrogen (secondary N) is 2. The molecular formula is C13H26N2O2. The Hall–Kier alpha value is -1.03. The van der Waals surface area contributed by atoms with Crippen LogP contribution in [0.4, 0.5) is 4.79 Å². The SMILES string of the molecule is CCCCCCCC/C=C/CNC(=O)NCO. The second-order valence-corrected chi connectivity index (χ2v) is 4.07. The lowest BCUT2D eigenvalue weighted by Crippen LogP contribution is -2.35. The number of hydrogen-bond donors (Lipinski definition) is 3. The molecule has 0 heterocycles. The average molecular weight is 242 g/mol. The Balaban J connectivity index is 3.17. The van der Waals surface area contributed by atoms with E-state index in [1.807, 2.05) is 6.08 Å². The molecule has 0 spiro atoms. The minimum atomic E-state index is -0.336. The Morgan fingerprint density at radius 1 is 1.06 bits per heavy atom. The first-order valence-corrected chi connectivity index (χ1v) is 6.58. The lowest BCUT2D eigenvalue weighted by atomic mass is 10.1. The highest BCUT2D eigenvalue weighted by atomic mass is 16.3. The van der Waals surface area contributed by atoms with Crippen LogP contribution < -0.4 is 10.6 Å². The highest BCUT2D eigenvalue weighted by molar-refractivity contribution is 5.73. The zero-order valence-corrected chi connectivity index (χ0v) is 10.9. The first kappa shape index (κ1) is 16.0. The number of unbranched alkanes of at least 4 members (excludes halogenated alkanes) is 6. The number of urea groups is 1. The second-order valence-electron chi connectivity index (χ2n) is 4.07. The van der Waals surface area contributed by atoms with Crippen molar-refractivity contribution in [2.24, 2.45) is 0 Å². The third-order valence-electron chi connectivity index (χ3n) is 2.51. The van der Waals surface area contributed by atoms with Gasteiger partial charge in [0.2, 0.25) is 0 Å². The Kier molecular flexibility index (Phi) is 12.2. The molecule has 0 unspecified atom stereocenters. The van der Waals surface area contributed by atoms with E-state index in [0.717, 1.165) is 6.42 Å². The summed E-state index contributed by atoms with van der Waals surface area (Å²) < 4.78 is 0. The van der Waals surface area contributed by atoms with E-state index in [4.69, 9.17) is 5.11 Å². The zero-order valence-electron chi connectivity index (χ0n) is 10.9. The highest BCUT2D eigenvalue weighted by Gasteiger charge is 1.93. The predicted molar refractivity (Wildman–Crippen MR) is 70.8 cm³/mol. The van der Waals surface area contributed by atoms with Gasteiger partial charge in [0.1, 0.15) is 6.73 Å². The molecule has 0 saturated heterocycles. The summed E-state index contributed by atoms with van der Waals surface area (Å²) in [5, 5.41) is 13.3. The quantitative estimate of drug-likeness (QED) is 0.313. The van der Waals surface area contributed by atoms with Gasteiger partial charge in [0.25, 0.3) is 0 Å². The van der Waals surface area contributed by atoms with Gasteiger partial charge >= 0.3 is 6.03 Å². The zero-order chi connectivity index (χ0) is 12.8. The monoisotopic (exact) mass is 242 g/mol. The fourth-order valence-corrected chi connectivity index (χ4v) is 1.53. The van der Waals surface area contributed by atoms with Gasteiger partial charge in [-0.3, -0.25) is 0 Å². The van der Waals surface area contributed by atoms with Crippen LogP contribution in [0.25, 0.3) is 0 Å². The van der Waals surface area contributed by atoms with Crippen LogP contribution in [0.2, 0.25) is 0 Å². The lowest BCUT2D eigenvalue weighted by molar-refractivity contribution is 0.218. The molecule has 100 valence electrons. The Morgan fingerprint density at radius 3 is 2.47 bits per heavy atom. The van der Waals surface area contributed by atoms with Crippen molar-refractivity contribution in [3.8, 4) is 0 Å². The van der Waals surface area contributed by atoms with Gasteiger partial charge in [-0.15, -0.1) is 0 Å². The van der Waals surface area contributed by atoms with Gasteiger partial charge in [0, 0.05) is 6.54 Å². The molecule has 0 aromatic heterocycles. The molecule has 3 N–H and O–H groups in total. The maximum absolute atomic E-state index is 10.9. The first-order valence-electron chi connectivity index (χ1n) is 6.58. The topological polar surface area (TPSA) is 61.4 Å². The molecule has 4 nitrogen and oxygen atoms in total. The van der Waals surface area contributed by atoms with E-state index in [1.165, 1.54) is 38.5 Å². The van der Waals surface area contributed by atoms with E-state index in [9.17, 15) is 4.79 Å². The summed E-state index contributed by atoms with van der Waals surface area (Å²) in [7, 11) is 0. The molecule has 0 saturated carbocycles. The van der Waals surface area contributed by atoms with Crippen molar-refractivity contribution >= 4 is 6.03 Å². The molecule has 17 heavy (non-hydrogen) atoms. The van der Waals surface area contributed by atoms with E-state index in [1.54, 1.807) is 0 Å². The van der Waals surface area contributed by atoms with E-state index in [-0.39, 0.29) is 12.8 Å². The summed E-state index contributed by atoms with van der Waals surface area (Å²) in [6, 6.07) is -0.336. The number of aliphatic hydroxyl groups excluding tert-OH is 1. The van der Waals surface area contributed by atoms with Crippen molar-refractivity contribution in [1.82, 2.24) is 10.6 Å². The van der Waals surface area contributed by atoms with Crippen molar-refractivity contribution < 1.29 is 9.90 Å². The number of aliphatic hydroxyl groups is 1. The highest BCUT2D eigenvalue weighted by Crippen LogP contribution is 2.06. The van der Waals surface area contributed by atoms with E-state index in [0.29, 0.717) is 6.54 Å². The number of carbonyl (C=O) groups is 1. The molecular weight excluding hydrogens is 216 g/mol. The van der Waals surface area contributed by atoms with Gasteiger partial charge in [-0.05, 0) is 12.8 Å². The molecule has 0 aliphatic heterocycles. The van der Waals surface area contributed by atoms with Gasteiger partial charge < -0.3 is 15.7 Å². The van der Waals surface area contributed by atoms with Crippen LogP contribution in [0.1, 0.15) is 51.9 Å². The first-order chi connectivity index (χ1) is 8.31. The molecule has 0 atom stereocenters. The van der Waals surface area contributed by atoms with Crippen molar-refractivity contribution in [2.75, 3.05) is 13.3 Å². The molecule has 4 heteroatoms. The van der Waals surface area contributed by atoms with Crippen molar-refractivity contribution in [1.29, 1.82) is 0 Å². The van der Waals surface area contributed by atoms with Gasteiger partial charge in [-0.25, -0.2) is 4.79 Å². The number of rotatable bonds is 10. The van der Waals surface area contributed by atoms with Crippen LogP contribution in [0.5, 0.6) is 0 Å². The third-order valence-corrected chi connectivity index (χ3v) is 2.51. The number of amides is 2. The summed E-state index contributed by atoms with van der Waals surface area (Å²) in [5.74, 6) is 0. The van der Waals surface area contributed by atoms with E-state index < -0.39 is 0 Å². The summed E-state index contributed by atoms with van der Waals surface area (Å²) in [4.78, 5) is 10.9. The maximum Gasteiger partial charge on any atom is 0.316 e. The standard InChI is InChI=1S/C13H26N2O2/c1-2-3-4-5-6-7-8-9-10-11-14-13(17)15-12-16/h9-10,16H,2-8,11-12H2,1H3,(H2,14,15,17)/b10-9+. The lowest BCUT2D eigenvalue weighted by Gasteiger charge is -2.01. The third kappa shape index (κ3) is 12.9. The van der Waals surface area contributed by atoms with Gasteiger partial charge in [0.15, 0.2) is 0 Å². The van der Waals surface area contributed by atoms with Gasteiger partial charge in [-0.2, -0.15) is 0 Å². The Labute approximate surface area is 104 Å². The minimum absolute atomic E-state index is 0.326. The molecule has 0 aromatic rings. The number of allylic oxidation sites excluding steroid dienone is 1. The Morgan fingerprint density at radius 2 is 1.76 bits per heavy atom. The number of hydrogen-bond acceptors (Lipinski definition) is 2. The smallest absolute Gasteiger partial charge is 0.316 e. The van der Waals surface area contributed by atoms with Crippen LogP contribution >= 0.6 is 0 Å². The molecule has 0 radical (unpaired) electrons. The normalized spacial score (nSPS) is 10.7. The minimum Gasteiger partial charge on any atom is -0.376 e. The van der Waals surface area contributed by atoms with Gasteiger partial charge in [-0.1, -0.05) is 51.2 Å². The van der Waals surface area contributed by atoms with Crippen LogP contribution in [0.3, 0.4) is 0 Å². The molecule has 0 fully saturated rings. The molecule has 0 aliphatic rings. The molecule has 0 rings (SSSR count). The molecule has 0 bridgehead atoms. The molecule has 2 amide bonds. The largest absolute Gasteiger partial charge is 0.376 e. The fourth-order valence-electron chi connectivity index (χ4n) is 1.53. The average Bonchev–Trinajstić information content (AvgIpc) is 2.32.